The Labute approximate surface area is 285 Å². The Morgan fingerprint density at radius 3 is 1.49 bits per heavy atom. The minimum absolute atomic E-state index is 0.215. The van der Waals surface area contributed by atoms with Gasteiger partial charge in [-0.15, -0.1) is 0 Å². The van der Waals surface area contributed by atoms with Gasteiger partial charge in [0.15, 0.2) is 12.4 Å². The molecule has 4 N–H and O–H groups in total. The zero-order valence-corrected chi connectivity index (χ0v) is 29.8. The molecule has 10 heteroatoms. The van der Waals surface area contributed by atoms with Crippen LogP contribution in [-0.4, -0.2) is 89.0 Å². The summed E-state index contributed by atoms with van der Waals surface area (Å²) in [6.07, 6.45) is 19.2. The number of ether oxygens (including phenoxy) is 4. The zero-order chi connectivity index (χ0) is 34.5. The molecular weight excluding hydrogens is 604 g/mol. The van der Waals surface area contributed by atoms with Gasteiger partial charge in [0.1, 0.15) is 31.0 Å². The van der Waals surface area contributed by atoms with Crippen molar-refractivity contribution in [3.8, 4) is 0 Å². The van der Waals surface area contributed by atoms with Crippen molar-refractivity contribution in [3.05, 3.63) is 0 Å². The van der Waals surface area contributed by atoms with E-state index >= 15 is 0 Å². The molecule has 10 nitrogen and oxygen atoms in total. The summed E-state index contributed by atoms with van der Waals surface area (Å²) in [5.41, 5.74) is 0. The van der Waals surface area contributed by atoms with Crippen LogP contribution in [0.5, 0.6) is 0 Å². The van der Waals surface area contributed by atoms with Crippen molar-refractivity contribution in [2.45, 2.75) is 205 Å². The lowest BCUT2D eigenvalue weighted by atomic mass is 9.99. The van der Waals surface area contributed by atoms with Crippen LogP contribution in [0.25, 0.3) is 0 Å². The van der Waals surface area contributed by atoms with E-state index in [1.165, 1.54) is 96.3 Å². The van der Waals surface area contributed by atoms with Crippen molar-refractivity contribution in [1.82, 2.24) is 0 Å². The largest absolute Gasteiger partial charge is 0.462 e. The Morgan fingerprint density at radius 2 is 1.00 bits per heavy atom. The third-order valence-corrected chi connectivity index (χ3v) is 8.99. The maximum absolute atomic E-state index is 12.6. The Kier molecular flexibility index (Phi) is 27.5. The van der Waals surface area contributed by atoms with Crippen molar-refractivity contribution in [1.29, 1.82) is 0 Å². The van der Waals surface area contributed by atoms with Crippen LogP contribution in [0.3, 0.4) is 0 Å². The van der Waals surface area contributed by atoms with E-state index in [1.54, 1.807) is 0 Å². The molecule has 0 amide bonds. The van der Waals surface area contributed by atoms with Gasteiger partial charge in [0.2, 0.25) is 0 Å². The monoisotopic (exact) mass is 674 g/mol. The molecule has 278 valence electrons. The Bertz CT molecular complexity index is 749. The summed E-state index contributed by atoms with van der Waals surface area (Å²) in [6, 6.07) is 0. The third-order valence-electron chi connectivity index (χ3n) is 8.99. The van der Waals surface area contributed by atoms with Gasteiger partial charge in [0, 0.05) is 12.8 Å². The average Bonchev–Trinajstić information content (AvgIpc) is 3.06. The first-order chi connectivity index (χ1) is 22.8. The summed E-state index contributed by atoms with van der Waals surface area (Å²) >= 11 is 0. The number of carbonyl (C=O) groups excluding carboxylic acids is 2. The van der Waals surface area contributed by atoms with Crippen LogP contribution in [0.4, 0.5) is 0 Å². The van der Waals surface area contributed by atoms with E-state index in [1.807, 2.05) is 6.92 Å². The van der Waals surface area contributed by atoms with Crippen LogP contribution in [0.15, 0.2) is 0 Å². The second kappa shape index (κ2) is 29.6. The molecule has 1 rings (SSSR count). The first-order valence-corrected chi connectivity index (χ1v) is 19.1. The van der Waals surface area contributed by atoms with E-state index < -0.39 is 55.4 Å². The summed E-state index contributed by atoms with van der Waals surface area (Å²) in [4.78, 5) is 24.7. The van der Waals surface area contributed by atoms with Crippen molar-refractivity contribution in [2.75, 3.05) is 19.8 Å². The van der Waals surface area contributed by atoms with E-state index in [0.717, 1.165) is 32.1 Å². The van der Waals surface area contributed by atoms with Gasteiger partial charge in [-0.25, -0.2) is 0 Å². The van der Waals surface area contributed by atoms with Crippen LogP contribution in [0, 0.1) is 0 Å². The van der Waals surface area contributed by atoms with Gasteiger partial charge in [0.05, 0.1) is 13.2 Å². The molecule has 0 bridgehead atoms. The molecule has 0 radical (unpaired) electrons. The highest BCUT2D eigenvalue weighted by molar-refractivity contribution is 5.70. The van der Waals surface area contributed by atoms with Gasteiger partial charge in [-0.1, -0.05) is 142 Å². The van der Waals surface area contributed by atoms with Gasteiger partial charge in [-0.2, -0.15) is 0 Å². The van der Waals surface area contributed by atoms with Crippen LogP contribution in [0.1, 0.15) is 168 Å². The van der Waals surface area contributed by atoms with Crippen molar-refractivity contribution >= 4 is 11.9 Å². The number of rotatable bonds is 31. The summed E-state index contributed by atoms with van der Waals surface area (Å²) in [5.74, 6) is -0.826. The Balaban J connectivity index is 2.21. The molecule has 1 saturated heterocycles. The molecule has 47 heavy (non-hydrogen) atoms. The van der Waals surface area contributed by atoms with Crippen LogP contribution >= 0.6 is 0 Å². The second-order valence-electron chi connectivity index (χ2n) is 13.4. The summed E-state index contributed by atoms with van der Waals surface area (Å²) in [5, 5.41) is 39.6. The topological polar surface area (TPSA) is 152 Å². The molecule has 6 unspecified atom stereocenters. The lowest BCUT2D eigenvalue weighted by Gasteiger charge is -2.39. The first kappa shape index (κ1) is 43.7. The number of hydrogen-bond donors (Lipinski definition) is 4. The van der Waals surface area contributed by atoms with E-state index in [2.05, 4.69) is 6.92 Å². The maximum atomic E-state index is 12.6. The quantitative estimate of drug-likeness (QED) is 0.0464. The fraction of sp³-hybridized carbons (Fsp3) is 0.946. The molecule has 0 aliphatic carbocycles. The molecule has 1 aliphatic heterocycles. The van der Waals surface area contributed by atoms with Crippen molar-refractivity contribution in [2.24, 2.45) is 0 Å². The van der Waals surface area contributed by atoms with Gasteiger partial charge in [-0.05, 0) is 12.8 Å². The van der Waals surface area contributed by atoms with E-state index in [-0.39, 0.29) is 26.1 Å². The number of hydrogen-bond acceptors (Lipinski definition) is 10. The second-order valence-corrected chi connectivity index (χ2v) is 13.4. The van der Waals surface area contributed by atoms with Crippen LogP contribution in [-0.2, 0) is 28.5 Å². The lowest BCUT2D eigenvalue weighted by Crippen LogP contribution is -2.59. The fourth-order valence-corrected chi connectivity index (χ4v) is 5.89. The predicted octanol–water partition coefficient (Wildman–Crippen LogP) is 6.66. The van der Waals surface area contributed by atoms with Crippen molar-refractivity contribution < 1.29 is 49.0 Å². The number of aliphatic hydroxyl groups is 4. The molecule has 1 aliphatic rings. The van der Waals surface area contributed by atoms with Crippen molar-refractivity contribution in [3.63, 3.8) is 0 Å². The van der Waals surface area contributed by atoms with Crippen LogP contribution in [0.2, 0.25) is 0 Å². The molecule has 0 spiro atoms. The fourth-order valence-electron chi connectivity index (χ4n) is 5.89. The molecule has 0 aromatic rings. The van der Waals surface area contributed by atoms with Gasteiger partial charge in [-0.3, -0.25) is 9.59 Å². The number of unbranched alkanes of at least 4 members (excludes halogenated alkanes) is 20. The average molecular weight is 675 g/mol. The summed E-state index contributed by atoms with van der Waals surface area (Å²) in [6.45, 7) is 3.24. The number of carbonyl (C=O) groups is 2. The van der Waals surface area contributed by atoms with Gasteiger partial charge in [0.25, 0.3) is 0 Å². The molecular formula is C37H70O10. The van der Waals surface area contributed by atoms with Gasteiger partial charge >= 0.3 is 11.9 Å². The number of esters is 2. The highest BCUT2D eigenvalue weighted by Crippen LogP contribution is 2.22. The van der Waals surface area contributed by atoms with E-state index in [4.69, 9.17) is 18.9 Å². The Hall–Kier alpha value is -1.30. The molecule has 6 atom stereocenters. The minimum Gasteiger partial charge on any atom is -0.462 e. The summed E-state index contributed by atoms with van der Waals surface area (Å²) in [7, 11) is 0. The standard InChI is InChI=1S/C37H70O10/c1-3-5-7-8-9-10-11-12-13-14-15-16-17-18-19-20-21-22-24-26-33(40)46-30(28-44-32(39)25-23-6-4-2)29-45-37-36(43)35(42)34(41)31(27-38)47-37/h30-31,34-38,41-43H,3-29H2,1-2H3. The van der Waals surface area contributed by atoms with Crippen LogP contribution < -0.4 is 0 Å². The summed E-state index contributed by atoms with van der Waals surface area (Å²) < 4.78 is 21.8. The molecule has 1 fully saturated rings. The lowest BCUT2D eigenvalue weighted by molar-refractivity contribution is -0.305. The SMILES string of the molecule is CCCCCCCCCCCCCCCCCCCCCC(=O)OC(COC(=O)CCCCC)COC1OC(CO)C(O)C(O)C1O. The molecule has 0 aromatic carbocycles. The maximum Gasteiger partial charge on any atom is 0.306 e. The number of aliphatic hydroxyl groups excluding tert-OH is 4. The smallest absolute Gasteiger partial charge is 0.306 e. The highest BCUT2D eigenvalue weighted by atomic mass is 16.7. The molecule has 1 heterocycles. The van der Waals surface area contributed by atoms with E-state index in [0.29, 0.717) is 12.8 Å². The Morgan fingerprint density at radius 1 is 0.574 bits per heavy atom. The molecule has 0 aromatic heterocycles. The minimum atomic E-state index is -1.59. The zero-order valence-electron chi connectivity index (χ0n) is 29.8. The van der Waals surface area contributed by atoms with E-state index in [9.17, 15) is 30.0 Å². The first-order valence-electron chi connectivity index (χ1n) is 19.1. The third kappa shape index (κ3) is 22.1. The predicted molar refractivity (Wildman–Crippen MR) is 183 cm³/mol. The normalized spacial score (nSPS) is 21.9. The van der Waals surface area contributed by atoms with Gasteiger partial charge < -0.3 is 39.4 Å². The highest BCUT2D eigenvalue weighted by Gasteiger charge is 2.44. The molecule has 0 saturated carbocycles.